The third kappa shape index (κ3) is 4.75. The van der Waals surface area contributed by atoms with E-state index in [2.05, 4.69) is 30.9 Å². The van der Waals surface area contributed by atoms with E-state index in [1.807, 2.05) is 12.1 Å². The molecule has 3 nitrogen and oxygen atoms in total. The van der Waals surface area contributed by atoms with Gasteiger partial charge in [0.15, 0.2) is 0 Å². The van der Waals surface area contributed by atoms with E-state index in [9.17, 15) is 4.79 Å². The van der Waals surface area contributed by atoms with Crippen molar-refractivity contribution in [2.24, 2.45) is 11.8 Å². The summed E-state index contributed by atoms with van der Waals surface area (Å²) in [6.07, 6.45) is 8.23. The van der Waals surface area contributed by atoms with E-state index in [-0.39, 0.29) is 5.92 Å². The van der Waals surface area contributed by atoms with Crippen molar-refractivity contribution in [3.05, 3.63) is 29.8 Å². The van der Waals surface area contributed by atoms with E-state index in [1.54, 1.807) is 0 Å². The van der Waals surface area contributed by atoms with Gasteiger partial charge in [0.25, 0.3) is 0 Å². The number of ether oxygens (including phenoxy) is 1. The summed E-state index contributed by atoms with van der Waals surface area (Å²) in [5, 5.41) is 0. The molecule has 0 atom stereocenters. The molecular weight excluding hydrogens is 298 g/mol. The molecule has 0 bridgehead atoms. The fourth-order valence-electron chi connectivity index (χ4n) is 3.55. The Hall–Kier alpha value is -1.51. The molecule has 0 N–H and O–H groups in total. The highest BCUT2D eigenvalue weighted by molar-refractivity contribution is 5.79. The van der Waals surface area contributed by atoms with Crippen molar-refractivity contribution in [2.75, 3.05) is 6.61 Å². The second-order valence-corrected chi connectivity index (χ2v) is 7.88. The minimum Gasteiger partial charge on any atom is -0.493 e. The first-order valence-corrected chi connectivity index (χ1v) is 9.65. The number of hydrogen-bond donors (Lipinski definition) is 0. The summed E-state index contributed by atoms with van der Waals surface area (Å²) in [7, 11) is 0. The van der Waals surface area contributed by atoms with Crippen molar-refractivity contribution in [1.82, 2.24) is 4.90 Å². The second kappa shape index (κ2) is 8.04. The van der Waals surface area contributed by atoms with E-state index >= 15 is 0 Å². The third-order valence-corrected chi connectivity index (χ3v) is 5.06. The van der Waals surface area contributed by atoms with Crippen LogP contribution in [0.2, 0.25) is 0 Å². The topological polar surface area (TPSA) is 29.5 Å². The maximum absolute atomic E-state index is 13.0. The SMILES string of the molecule is CC(C)COc1cccc(CN(C(=O)C2CCCCC2)C2CC2)c1. The molecule has 2 aliphatic carbocycles. The van der Waals surface area contributed by atoms with Crippen LogP contribution < -0.4 is 4.74 Å². The highest BCUT2D eigenvalue weighted by Gasteiger charge is 2.36. The molecule has 3 rings (SSSR count). The van der Waals surface area contributed by atoms with Gasteiger partial charge in [-0.1, -0.05) is 45.2 Å². The van der Waals surface area contributed by atoms with Gasteiger partial charge in [0.05, 0.1) is 6.61 Å². The predicted octanol–water partition coefficient (Wildman–Crippen LogP) is 4.79. The Morgan fingerprint density at radius 1 is 1.17 bits per heavy atom. The monoisotopic (exact) mass is 329 g/mol. The van der Waals surface area contributed by atoms with Crippen LogP contribution in [0.15, 0.2) is 24.3 Å². The number of amides is 1. The van der Waals surface area contributed by atoms with Crippen molar-refractivity contribution in [2.45, 2.75) is 71.4 Å². The fourth-order valence-corrected chi connectivity index (χ4v) is 3.55. The Labute approximate surface area is 146 Å². The van der Waals surface area contributed by atoms with E-state index in [0.717, 1.165) is 31.7 Å². The fraction of sp³-hybridized carbons (Fsp3) is 0.667. The quantitative estimate of drug-likeness (QED) is 0.719. The first-order valence-electron chi connectivity index (χ1n) is 9.65. The van der Waals surface area contributed by atoms with Gasteiger partial charge < -0.3 is 9.64 Å². The molecule has 1 amide bonds. The number of carbonyl (C=O) groups is 1. The maximum Gasteiger partial charge on any atom is 0.226 e. The van der Waals surface area contributed by atoms with Crippen LogP contribution >= 0.6 is 0 Å². The second-order valence-electron chi connectivity index (χ2n) is 7.88. The van der Waals surface area contributed by atoms with Crippen LogP contribution in [-0.4, -0.2) is 23.5 Å². The van der Waals surface area contributed by atoms with Crippen molar-refractivity contribution < 1.29 is 9.53 Å². The maximum atomic E-state index is 13.0. The number of nitrogens with zero attached hydrogens (tertiary/aromatic N) is 1. The minimum atomic E-state index is 0.264. The van der Waals surface area contributed by atoms with Gasteiger partial charge in [-0.25, -0.2) is 0 Å². The lowest BCUT2D eigenvalue weighted by Crippen LogP contribution is -2.38. The van der Waals surface area contributed by atoms with Gasteiger partial charge in [-0.05, 0) is 49.3 Å². The van der Waals surface area contributed by atoms with Crippen LogP contribution in [-0.2, 0) is 11.3 Å². The molecular formula is C21H31NO2. The zero-order chi connectivity index (χ0) is 16.9. The summed E-state index contributed by atoms with van der Waals surface area (Å²) >= 11 is 0. The normalized spacial score (nSPS) is 18.6. The summed E-state index contributed by atoms with van der Waals surface area (Å²) in [6.45, 7) is 5.78. The molecule has 0 aliphatic heterocycles. The molecule has 2 aliphatic rings. The Kier molecular flexibility index (Phi) is 5.80. The van der Waals surface area contributed by atoms with Gasteiger partial charge in [0, 0.05) is 18.5 Å². The van der Waals surface area contributed by atoms with Gasteiger partial charge in [-0.15, -0.1) is 0 Å². The lowest BCUT2D eigenvalue weighted by Gasteiger charge is -2.29. The van der Waals surface area contributed by atoms with Gasteiger partial charge in [0.2, 0.25) is 5.91 Å². The van der Waals surface area contributed by atoms with Crippen LogP contribution in [0.25, 0.3) is 0 Å². The highest BCUT2D eigenvalue weighted by Crippen LogP contribution is 2.33. The van der Waals surface area contributed by atoms with E-state index in [0.29, 0.717) is 17.9 Å². The molecule has 0 heterocycles. The Morgan fingerprint density at radius 2 is 1.92 bits per heavy atom. The van der Waals surface area contributed by atoms with Gasteiger partial charge in [-0.3, -0.25) is 4.79 Å². The molecule has 24 heavy (non-hydrogen) atoms. The van der Waals surface area contributed by atoms with Crippen LogP contribution in [0.5, 0.6) is 5.75 Å². The summed E-state index contributed by atoms with van der Waals surface area (Å²) < 4.78 is 5.84. The Bertz CT molecular complexity index is 545. The lowest BCUT2D eigenvalue weighted by molar-refractivity contribution is -0.137. The summed E-state index contributed by atoms with van der Waals surface area (Å²) in [5.74, 6) is 2.09. The molecule has 0 saturated heterocycles. The number of rotatable bonds is 7. The smallest absolute Gasteiger partial charge is 0.226 e. The summed E-state index contributed by atoms with van der Waals surface area (Å²) in [5.41, 5.74) is 1.19. The average molecular weight is 329 g/mol. The van der Waals surface area contributed by atoms with Crippen LogP contribution in [0.1, 0.15) is 64.4 Å². The van der Waals surface area contributed by atoms with E-state index < -0.39 is 0 Å². The highest BCUT2D eigenvalue weighted by atomic mass is 16.5. The standard InChI is InChI=1S/C21H31NO2/c1-16(2)15-24-20-10-6-7-17(13-20)14-22(19-11-12-19)21(23)18-8-4-3-5-9-18/h6-7,10,13,16,18-19H,3-5,8-9,11-12,14-15H2,1-2H3. The molecule has 3 heteroatoms. The Balaban J connectivity index is 1.65. The first-order chi connectivity index (χ1) is 11.6. The van der Waals surface area contributed by atoms with Gasteiger partial charge in [-0.2, -0.15) is 0 Å². The summed E-state index contributed by atoms with van der Waals surface area (Å²) in [4.78, 5) is 15.1. The van der Waals surface area contributed by atoms with Crippen molar-refractivity contribution in [1.29, 1.82) is 0 Å². The minimum absolute atomic E-state index is 0.264. The van der Waals surface area contributed by atoms with E-state index in [1.165, 1.54) is 37.7 Å². The van der Waals surface area contributed by atoms with Crippen LogP contribution in [0.4, 0.5) is 0 Å². The zero-order valence-corrected chi connectivity index (χ0v) is 15.2. The largest absolute Gasteiger partial charge is 0.493 e. The lowest BCUT2D eigenvalue weighted by atomic mass is 9.88. The van der Waals surface area contributed by atoms with Gasteiger partial charge in [0.1, 0.15) is 5.75 Å². The van der Waals surface area contributed by atoms with Gasteiger partial charge >= 0.3 is 0 Å². The molecule has 1 aromatic carbocycles. The number of carbonyl (C=O) groups excluding carboxylic acids is 1. The molecule has 0 aromatic heterocycles. The van der Waals surface area contributed by atoms with Crippen LogP contribution in [0, 0.1) is 11.8 Å². The first kappa shape index (κ1) is 17.3. The molecule has 0 spiro atoms. The molecule has 2 fully saturated rings. The Morgan fingerprint density at radius 3 is 2.58 bits per heavy atom. The predicted molar refractivity (Wildman–Crippen MR) is 96.9 cm³/mol. The zero-order valence-electron chi connectivity index (χ0n) is 15.2. The molecule has 0 radical (unpaired) electrons. The van der Waals surface area contributed by atoms with Crippen LogP contribution in [0.3, 0.4) is 0 Å². The molecule has 2 saturated carbocycles. The molecule has 132 valence electrons. The number of hydrogen-bond acceptors (Lipinski definition) is 2. The van der Waals surface area contributed by atoms with Crippen molar-refractivity contribution in [3.8, 4) is 5.75 Å². The molecule has 0 unspecified atom stereocenters. The summed E-state index contributed by atoms with van der Waals surface area (Å²) in [6, 6.07) is 8.74. The van der Waals surface area contributed by atoms with Crippen molar-refractivity contribution in [3.63, 3.8) is 0 Å². The van der Waals surface area contributed by atoms with E-state index in [4.69, 9.17) is 4.74 Å². The number of benzene rings is 1. The average Bonchev–Trinajstić information content (AvgIpc) is 3.43. The van der Waals surface area contributed by atoms with Crippen molar-refractivity contribution >= 4 is 5.91 Å². The molecule has 1 aromatic rings. The third-order valence-electron chi connectivity index (χ3n) is 5.06.